The second-order valence-electron chi connectivity index (χ2n) is 7.06. The molecule has 146 valence electrons. The van der Waals surface area contributed by atoms with Crippen molar-refractivity contribution in [2.45, 2.75) is 38.6 Å². The standard InChI is InChI=1S/C19H24N2O6/c1-19(2,3)16-9-13(21-27-16)18(24)20-12(10-17(22)23)11-6-7-14(25-4)15(8-11)26-5/h6-9,12H,10H2,1-5H3,(H,20,24)(H,22,23). The molecule has 0 fully saturated rings. The molecule has 0 radical (unpaired) electrons. The molecule has 1 aromatic carbocycles. The molecule has 1 heterocycles. The Balaban J connectivity index is 2.28. The minimum Gasteiger partial charge on any atom is -0.493 e. The number of ether oxygens (including phenoxy) is 2. The number of amides is 1. The maximum atomic E-state index is 12.5. The maximum absolute atomic E-state index is 12.5. The molecule has 0 aliphatic carbocycles. The van der Waals surface area contributed by atoms with Crippen molar-refractivity contribution in [1.82, 2.24) is 10.5 Å². The van der Waals surface area contributed by atoms with Crippen molar-refractivity contribution in [1.29, 1.82) is 0 Å². The van der Waals surface area contributed by atoms with Gasteiger partial charge < -0.3 is 24.4 Å². The van der Waals surface area contributed by atoms with Gasteiger partial charge in [-0.1, -0.05) is 32.0 Å². The van der Waals surface area contributed by atoms with Crippen LogP contribution in [0.5, 0.6) is 11.5 Å². The van der Waals surface area contributed by atoms with E-state index in [2.05, 4.69) is 10.5 Å². The molecule has 8 heteroatoms. The summed E-state index contributed by atoms with van der Waals surface area (Å²) in [6, 6.07) is 5.75. The SMILES string of the molecule is COc1ccc(C(CC(=O)O)NC(=O)c2cc(C(C)(C)C)on2)cc1OC. The molecule has 2 rings (SSSR count). The van der Waals surface area contributed by atoms with Crippen molar-refractivity contribution in [2.24, 2.45) is 0 Å². The van der Waals surface area contributed by atoms with E-state index in [1.807, 2.05) is 20.8 Å². The molecule has 0 saturated heterocycles. The van der Waals surface area contributed by atoms with Crippen molar-refractivity contribution in [2.75, 3.05) is 14.2 Å². The first kappa shape index (κ1) is 20.3. The molecule has 1 aromatic heterocycles. The van der Waals surface area contributed by atoms with Crippen LogP contribution in [0.25, 0.3) is 0 Å². The highest BCUT2D eigenvalue weighted by Crippen LogP contribution is 2.31. The zero-order valence-corrected chi connectivity index (χ0v) is 16.0. The lowest BCUT2D eigenvalue weighted by atomic mass is 9.93. The Morgan fingerprint density at radius 1 is 1.19 bits per heavy atom. The summed E-state index contributed by atoms with van der Waals surface area (Å²) >= 11 is 0. The van der Waals surface area contributed by atoms with Crippen LogP contribution in [-0.4, -0.2) is 36.4 Å². The summed E-state index contributed by atoms with van der Waals surface area (Å²) in [5.74, 6) is -0.0569. The predicted octanol–water partition coefficient (Wildman–Crippen LogP) is 2.94. The lowest BCUT2D eigenvalue weighted by Crippen LogP contribution is -2.30. The zero-order chi connectivity index (χ0) is 20.2. The van der Waals surface area contributed by atoms with Crippen LogP contribution in [0.4, 0.5) is 0 Å². The van der Waals surface area contributed by atoms with Crippen LogP contribution in [0.3, 0.4) is 0 Å². The quantitative estimate of drug-likeness (QED) is 0.764. The predicted molar refractivity (Wildman–Crippen MR) is 97.2 cm³/mol. The average Bonchev–Trinajstić information content (AvgIpc) is 3.10. The first-order chi connectivity index (χ1) is 12.7. The fraction of sp³-hybridized carbons (Fsp3) is 0.421. The molecule has 2 aromatic rings. The van der Waals surface area contributed by atoms with E-state index >= 15 is 0 Å². The summed E-state index contributed by atoms with van der Waals surface area (Å²) in [5, 5.41) is 15.7. The van der Waals surface area contributed by atoms with E-state index in [0.29, 0.717) is 22.8 Å². The van der Waals surface area contributed by atoms with Crippen LogP contribution < -0.4 is 14.8 Å². The Hall–Kier alpha value is -3.03. The van der Waals surface area contributed by atoms with Crippen LogP contribution in [-0.2, 0) is 10.2 Å². The van der Waals surface area contributed by atoms with Crippen LogP contribution in [0.1, 0.15) is 55.0 Å². The summed E-state index contributed by atoms with van der Waals surface area (Å²) in [4.78, 5) is 23.8. The van der Waals surface area contributed by atoms with E-state index in [1.165, 1.54) is 14.2 Å². The topological polar surface area (TPSA) is 111 Å². The van der Waals surface area contributed by atoms with Crippen LogP contribution >= 0.6 is 0 Å². The lowest BCUT2D eigenvalue weighted by molar-refractivity contribution is -0.137. The van der Waals surface area contributed by atoms with Crippen molar-refractivity contribution in [3.05, 3.63) is 41.3 Å². The van der Waals surface area contributed by atoms with Crippen LogP contribution in [0, 0.1) is 0 Å². The summed E-state index contributed by atoms with van der Waals surface area (Å²) in [6.45, 7) is 5.81. The molecular formula is C19H24N2O6. The van der Waals surface area contributed by atoms with Gasteiger partial charge in [0.1, 0.15) is 5.76 Å². The van der Waals surface area contributed by atoms with Crippen LogP contribution in [0.15, 0.2) is 28.8 Å². The highest BCUT2D eigenvalue weighted by Gasteiger charge is 2.25. The molecule has 1 atom stereocenters. The Morgan fingerprint density at radius 3 is 2.37 bits per heavy atom. The van der Waals surface area contributed by atoms with Gasteiger partial charge in [0.2, 0.25) is 0 Å². The number of carbonyl (C=O) groups is 2. The minimum atomic E-state index is -1.05. The third-order valence-electron chi connectivity index (χ3n) is 3.98. The van der Waals surface area contributed by atoms with Gasteiger partial charge in [-0.25, -0.2) is 0 Å². The Labute approximate surface area is 157 Å². The van der Waals surface area contributed by atoms with Crippen LogP contribution in [0.2, 0.25) is 0 Å². The van der Waals surface area contributed by atoms with E-state index in [1.54, 1.807) is 24.3 Å². The smallest absolute Gasteiger partial charge is 0.305 e. The van der Waals surface area contributed by atoms with E-state index in [0.717, 1.165) is 0 Å². The molecular weight excluding hydrogens is 352 g/mol. The number of carboxylic acids is 1. The third-order valence-corrected chi connectivity index (χ3v) is 3.98. The van der Waals surface area contributed by atoms with Gasteiger partial charge in [-0.05, 0) is 17.7 Å². The number of carbonyl (C=O) groups excluding carboxylic acids is 1. The van der Waals surface area contributed by atoms with Gasteiger partial charge in [0.05, 0.1) is 26.7 Å². The highest BCUT2D eigenvalue weighted by atomic mass is 16.5. The summed E-state index contributed by atoms with van der Waals surface area (Å²) in [5.41, 5.74) is 0.369. The summed E-state index contributed by atoms with van der Waals surface area (Å²) in [6.07, 6.45) is -0.300. The summed E-state index contributed by atoms with van der Waals surface area (Å²) in [7, 11) is 2.99. The van der Waals surface area contributed by atoms with Crippen molar-refractivity contribution in [3.63, 3.8) is 0 Å². The molecule has 0 aliphatic heterocycles. The van der Waals surface area contributed by atoms with E-state index in [4.69, 9.17) is 14.0 Å². The molecule has 0 spiro atoms. The number of carboxylic acid groups (broad SMARTS) is 1. The molecule has 0 aliphatic rings. The van der Waals surface area contributed by atoms with E-state index < -0.39 is 17.9 Å². The number of benzene rings is 1. The second-order valence-corrected chi connectivity index (χ2v) is 7.06. The van der Waals surface area contributed by atoms with Crippen molar-refractivity contribution in [3.8, 4) is 11.5 Å². The average molecular weight is 376 g/mol. The number of methoxy groups -OCH3 is 2. The van der Waals surface area contributed by atoms with Gasteiger partial charge in [-0.2, -0.15) is 0 Å². The molecule has 8 nitrogen and oxygen atoms in total. The highest BCUT2D eigenvalue weighted by molar-refractivity contribution is 5.92. The first-order valence-electron chi connectivity index (χ1n) is 8.37. The number of nitrogens with one attached hydrogen (secondary N) is 1. The minimum absolute atomic E-state index is 0.0933. The molecule has 1 unspecified atom stereocenters. The van der Waals surface area contributed by atoms with Gasteiger partial charge in [0, 0.05) is 11.5 Å². The normalized spacial score (nSPS) is 12.3. The number of aliphatic carboxylic acids is 1. The number of aromatic nitrogens is 1. The number of hydrogen-bond acceptors (Lipinski definition) is 6. The molecule has 0 bridgehead atoms. The molecule has 2 N–H and O–H groups in total. The molecule has 1 amide bonds. The first-order valence-corrected chi connectivity index (χ1v) is 8.37. The Bertz CT molecular complexity index is 822. The van der Waals surface area contributed by atoms with Crippen molar-refractivity contribution < 1.29 is 28.7 Å². The third kappa shape index (κ3) is 4.99. The maximum Gasteiger partial charge on any atom is 0.305 e. The van der Waals surface area contributed by atoms with Crippen molar-refractivity contribution >= 4 is 11.9 Å². The molecule has 27 heavy (non-hydrogen) atoms. The lowest BCUT2D eigenvalue weighted by Gasteiger charge is -2.18. The van der Waals surface area contributed by atoms with Gasteiger partial charge in [-0.3, -0.25) is 9.59 Å². The van der Waals surface area contributed by atoms with Gasteiger partial charge in [-0.15, -0.1) is 0 Å². The largest absolute Gasteiger partial charge is 0.493 e. The summed E-state index contributed by atoms with van der Waals surface area (Å²) < 4.78 is 15.7. The van der Waals surface area contributed by atoms with Gasteiger partial charge >= 0.3 is 5.97 Å². The number of hydrogen-bond donors (Lipinski definition) is 2. The van der Waals surface area contributed by atoms with Gasteiger partial charge in [0.25, 0.3) is 5.91 Å². The second kappa shape index (κ2) is 8.11. The zero-order valence-electron chi connectivity index (χ0n) is 16.0. The van der Waals surface area contributed by atoms with Gasteiger partial charge in [0.15, 0.2) is 17.2 Å². The fourth-order valence-corrected chi connectivity index (χ4v) is 2.46. The Kier molecular flexibility index (Phi) is 6.09. The van der Waals surface area contributed by atoms with E-state index in [-0.39, 0.29) is 17.5 Å². The number of rotatable bonds is 7. The number of nitrogens with zero attached hydrogens (tertiary/aromatic N) is 1. The Morgan fingerprint density at radius 2 is 1.85 bits per heavy atom. The molecule has 0 saturated carbocycles. The van der Waals surface area contributed by atoms with E-state index in [9.17, 15) is 14.7 Å². The fourth-order valence-electron chi connectivity index (χ4n) is 2.46. The monoisotopic (exact) mass is 376 g/mol.